The summed E-state index contributed by atoms with van der Waals surface area (Å²) in [4.78, 5) is 0. The van der Waals surface area contributed by atoms with Crippen molar-refractivity contribution in [3.05, 3.63) is 0 Å². The van der Waals surface area contributed by atoms with Crippen LogP contribution in [0.1, 0.15) is 19.8 Å². The van der Waals surface area contributed by atoms with Gasteiger partial charge in [-0.05, 0) is 6.42 Å². The average Bonchev–Trinajstić information content (AvgIpc) is 2.13. The van der Waals surface area contributed by atoms with Crippen LogP contribution >= 0.6 is 0 Å². The van der Waals surface area contributed by atoms with Gasteiger partial charge in [0.15, 0.2) is 0 Å². The minimum absolute atomic E-state index is 0.143. The second-order valence-corrected chi connectivity index (χ2v) is 5.23. The standard InChI is InChI=1S/C8H17F2NO3S/c1-2-3-6-15(13,14)11(4-5-12)7-8(9)10/h8,12H,2-7H2,1H3. The van der Waals surface area contributed by atoms with Crippen LogP contribution in [0.25, 0.3) is 0 Å². The minimum atomic E-state index is -3.65. The molecule has 1 N–H and O–H groups in total. The molecule has 0 fully saturated rings. The lowest BCUT2D eigenvalue weighted by atomic mass is 10.4. The van der Waals surface area contributed by atoms with Crippen molar-refractivity contribution in [3.63, 3.8) is 0 Å². The number of rotatable bonds is 8. The lowest BCUT2D eigenvalue weighted by Crippen LogP contribution is -2.38. The van der Waals surface area contributed by atoms with Gasteiger partial charge in [-0.1, -0.05) is 13.3 Å². The van der Waals surface area contributed by atoms with Gasteiger partial charge < -0.3 is 5.11 Å². The highest BCUT2D eigenvalue weighted by atomic mass is 32.2. The topological polar surface area (TPSA) is 57.6 Å². The van der Waals surface area contributed by atoms with E-state index in [1.54, 1.807) is 0 Å². The highest BCUT2D eigenvalue weighted by Crippen LogP contribution is 2.07. The van der Waals surface area contributed by atoms with Gasteiger partial charge in [-0.3, -0.25) is 0 Å². The van der Waals surface area contributed by atoms with Crippen LogP contribution in [0.2, 0.25) is 0 Å². The SMILES string of the molecule is CCCCS(=O)(=O)N(CCO)CC(F)F. The fourth-order valence-corrected chi connectivity index (χ4v) is 2.68. The van der Waals surface area contributed by atoms with Gasteiger partial charge in [0.2, 0.25) is 10.0 Å². The fraction of sp³-hybridized carbons (Fsp3) is 1.00. The predicted octanol–water partition coefficient (Wildman–Crippen LogP) is 0.676. The monoisotopic (exact) mass is 245 g/mol. The Bertz CT molecular complexity index is 257. The zero-order valence-corrected chi connectivity index (χ0v) is 9.51. The molecule has 0 atom stereocenters. The molecule has 0 spiro atoms. The number of aliphatic hydroxyl groups is 1. The molecule has 0 rings (SSSR count). The van der Waals surface area contributed by atoms with E-state index in [1.807, 2.05) is 6.92 Å². The van der Waals surface area contributed by atoms with Crippen molar-refractivity contribution in [1.29, 1.82) is 0 Å². The van der Waals surface area contributed by atoms with Crippen molar-refractivity contribution >= 4 is 10.0 Å². The summed E-state index contributed by atoms with van der Waals surface area (Å²) in [6.07, 6.45) is -1.60. The normalized spacial score (nSPS) is 12.7. The van der Waals surface area contributed by atoms with Crippen LogP contribution in [-0.2, 0) is 10.0 Å². The molecule has 0 aromatic heterocycles. The third kappa shape index (κ3) is 6.01. The smallest absolute Gasteiger partial charge is 0.252 e. The van der Waals surface area contributed by atoms with Crippen LogP contribution in [-0.4, -0.2) is 49.7 Å². The Morgan fingerprint density at radius 2 is 2.00 bits per heavy atom. The Balaban J connectivity index is 4.44. The van der Waals surface area contributed by atoms with E-state index in [9.17, 15) is 17.2 Å². The Morgan fingerprint density at radius 3 is 2.40 bits per heavy atom. The third-order valence-corrected chi connectivity index (χ3v) is 3.76. The molecule has 0 bridgehead atoms. The maximum Gasteiger partial charge on any atom is 0.252 e. The van der Waals surface area contributed by atoms with E-state index >= 15 is 0 Å². The summed E-state index contributed by atoms with van der Waals surface area (Å²) in [7, 11) is -3.65. The lowest BCUT2D eigenvalue weighted by molar-refractivity contribution is 0.113. The second-order valence-electron chi connectivity index (χ2n) is 3.14. The molecule has 0 saturated heterocycles. The summed E-state index contributed by atoms with van der Waals surface area (Å²) < 4.78 is 47.8. The van der Waals surface area contributed by atoms with Crippen molar-refractivity contribution < 1.29 is 22.3 Å². The molecule has 0 amide bonds. The molecule has 4 nitrogen and oxygen atoms in total. The van der Waals surface area contributed by atoms with Crippen LogP contribution < -0.4 is 0 Å². The van der Waals surface area contributed by atoms with E-state index in [2.05, 4.69) is 0 Å². The predicted molar refractivity (Wildman–Crippen MR) is 53.4 cm³/mol. The molecular weight excluding hydrogens is 228 g/mol. The highest BCUT2D eigenvalue weighted by Gasteiger charge is 2.23. The van der Waals surface area contributed by atoms with E-state index in [-0.39, 0.29) is 12.3 Å². The average molecular weight is 245 g/mol. The summed E-state index contributed by atoms with van der Waals surface area (Å²) in [5, 5.41) is 8.59. The number of aliphatic hydroxyl groups excluding tert-OH is 1. The van der Waals surface area contributed by atoms with E-state index in [0.717, 1.165) is 0 Å². The van der Waals surface area contributed by atoms with Crippen molar-refractivity contribution in [2.24, 2.45) is 0 Å². The lowest BCUT2D eigenvalue weighted by Gasteiger charge is -2.20. The first-order valence-electron chi connectivity index (χ1n) is 4.81. The summed E-state index contributed by atoms with van der Waals surface area (Å²) in [5.41, 5.74) is 0. The highest BCUT2D eigenvalue weighted by molar-refractivity contribution is 7.89. The first kappa shape index (κ1) is 14.7. The Kier molecular flexibility index (Phi) is 6.95. The van der Waals surface area contributed by atoms with E-state index in [0.29, 0.717) is 17.1 Å². The molecule has 15 heavy (non-hydrogen) atoms. The molecule has 0 aliphatic rings. The summed E-state index contributed by atoms with van der Waals surface area (Å²) in [6, 6.07) is 0. The molecule has 0 heterocycles. The number of halogens is 2. The van der Waals surface area contributed by atoms with Crippen molar-refractivity contribution in [2.45, 2.75) is 26.2 Å². The number of hydrogen-bond acceptors (Lipinski definition) is 3. The molecule has 0 unspecified atom stereocenters. The molecule has 0 saturated carbocycles. The third-order valence-electron chi connectivity index (χ3n) is 1.84. The Morgan fingerprint density at radius 1 is 1.40 bits per heavy atom. The van der Waals surface area contributed by atoms with Gasteiger partial charge in [-0.2, -0.15) is 4.31 Å². The molecule has 0 aromatic rings. The number of alkyl halides is 2. The largest absolute Gasteiger partial charge is 0.395 e. The molecule has 0 aliphatic carbocycles. The van der Waals surface area contributed by atoms with Gasteiger partial charge in [0.05, 0.1) is 18.9 Å². The summed E-state index contributed by atoms with van der Waals surface area (Å²) in [6.45, 7) is 0.264. The number of sulfonamides is 1. The summed E-state index contributed by atoms with van der Waals surface area (Å²) in [5.74, 6) is -0.143. The van der Waals surface area contributed by atoms with Gasteiger partial charge in [-0.25, -0.2) is 17.2 Å². The van der Waals surface area contributed by atoms with Gasteiger partial charge >= 0.3 is 0 Å². The Hall–Kier alpha value is -0.270. The van der Waals surface area contributed by atoms with Crippen molar-refractivity contribution in [3.8, 4) is 0 Å². The van der Waals surface area contributed by atoms with Crippen LogP contribution in [0, 0.1) is 0 Å². The molecule has 0 radical (unpaired) electrons. The van der Waals surface area contributed by atoms with Crippen molar-refractivity contribution in [1.82, 2.24) is 4.31 Å². The molecule has 0 aliphatic heterocycles. The van der Waals surface area contributed by atoms with Crippen LogP contribution in [0.3, 0.4) is 0 Å². The maximum absolute atomic E-state index is 12.1. The fourth-order valence-electron chi connectivity index (χ4n) is 1.07. The first-order chi connectivity index (χ1) is 6.94. The molecular formula is C8H17F2NO3S. The second kappa shape index (κ2) is 7.08. The van der Waals surface area contributed by atoms with E-state index in [1.165, 1.54) is 0 Å². The quantitative estimate of drug-likeness (QED) is 0.684. The minimum Gasteiger partial charge on any atom is -0.395 e. The van der Waals surface area contributed by atoms with Crippen LogP contribution in [0.15, 0.2) is 0 Å². The van der Waals surface area contributed by atoms with E-state index in [4.69, 9.17) is 5.11 Å². The Labute approximate surface area is 88.9 Å². The first-order valence-corrected chi connectivity index (χ1v) is 6.41. The zero-order valence-electron chi connectivity index (χ0n) is 8.70. The van der Waals surface area contributed by atoms with Gasteiger partial charge in [-0.15, -0.1) is 0 Å². The number of unbranched alkanes of at least 4 members (excludes halogenated alkanes) is 1. The number of nitrogens with zero attached hydrogens (tertiary/aromatic N) is 1. The van der Waals surface area contributed by atoms with E-state index < -0.39 is 29.6 Å². The zero-order chi connectivity index (χ0) is 11.9. The van der Waals surface area contributed by atoms with Gasteiger partial charge in [0.25, 0.3) is 6.43 Å². The summed E-state index contributed by atoms with van der Waals surface area (Å²) >= 11 is 0. The maximum atomic E-state index is 12.1. The molecule has 7 heteroatoms. The van der Waals surface area contributed by atoms with Gasteiger partial charge in [0.1, 0.15) is 0 Å². The van der Waals surface area contributed by atoms with Crippen molar-refractivity contribution in [2.75, 3.05) is 25.4 Å². The number of hydrogen-bond donors (Lipinski definition) is 1. The molecule has 92 valence electrons. The van der Waals surface area contributed by atoms with Gasteiger partial charge in [0, 0.05) is 6.54 Å². The van der Waals surface area contributed by atoms with Crippen LogP contribution in [0.5, 0.6) is 0 Å². The van der Waals surface area contributed by atoms with Crippen LogP contribution in [0.4, 0.5) is 8.78 Å². The molecule has 0 aromatic carbocycles.